The molecule has 2 N–H and O–H groups in total. The molecule has 1 spiro atoms. The molecule has 2 aliphatic heterocycles. The first-order chi connectivity index (χ1) is 18.5. The molecular weight excluding hydrogens is 541 g/mol. The molecule has 0 radical (unpaired) electrons. The molecule has 1 aliphatic carbocycles. The Morgan fingerprint density at radius 1 is 1.15 bits per heavy atom. The summed E-state index contributed by atoms with van der Waals surface area (Å²) >= 11 is 0. The quantitative estimate of drug-likeness (QED) is 0.390. The van der Waals surface area contributed by atoms with Crippen LogP contribution in [0.1, 0.15) is 39.2 Å². The van der Waals surface area contributed by atoms with Crippen molar-refractivity contribution in [3.05, 3.63) is 41.2 Å². The van der Waals surface area contributed by atoms with Gasteiger partial charge in [0.05, 0.1) is 6.42 Å². The monoisotopic (exact) mass is 569 g/mol. The van der Waals surface area contributed by atoms with Gasteiger partial charge < -0.3 is 15.5 Å². The van der Waals surface area contributed by atoms with E-state index in [9.17, 15) is 41.1 Å². The van der Waals surface area contributed by atoms with Gasteiger partial charge in [0.2, 0.25) is 11.8 Å². The Bertz CT molecular complexity index is 1300. The third-order valence-corrected chi connectivity index (χ3v) is 7.91. The van der Waals surface area contributed by atoms with Crippen molar-refractivity contribution in [1.29, 1.82) is 0 Å². The number of benzene rings is 1. The summed E-state index contributed by atoms with van der Waals surface area (Å²) in [4.78, 5) is 57.7. The average Bonchev–Trinajstić information content (AvgIpc) is 3.26. The van der Waals surface area contributed by atoms with E-state index in [0.717, 1.165) is 11.8 Å². The van der Waals surface area contributed by atoms with E-state index in [4.69, 9.17) is 6.57 Å². The molecule has 1 aromatic rings. The predicted octanol–water partition coefficient (Wildman–Crippen LogP) is 2.72. The number of para-hydroxylation sites is 1. The Balaban J connectivity index is 1.55. The second-order valence-corrected chi connectivity index (χ2v) is 11.0. The zero-order valence-electron chi connectivity index (χ0n) is 22.1. The predicted molar refractivity (Wildman–Crippen MR) is 131 cm³/mol. The summed E-state index contributed by atoms with van der Waals surface area (Å²) in [6.45, 7) is 12.0. The maximum Gasteiger partial charge on any atom is 0.362 e. The second-order valence-electron chi connectivity index (χ2n) is 11.0. The van der Waals surface area contributed by atoms with Crippen molar-refractivity contribution in [2.75, 3.05) is 18.9 Å². The van der Waals surface area contributed by atoms with Gasteiger partial charge in [-0.3, -0.25) is 28.9 Å². The van der Waals surface area contributed by atoms with E-state index in [-0.39, 0.29) is 31.2 Å². The zero-order chi connectivity index (χ0) is 30.0. The van der Waals surface area contributed by atoms with Crippen molar-refractivity contribution in [3.8, 4) is 0 Å². The number of carbonyl (C=O) groups is 4. The standard InChI is InChI=1S/C26H28F5N5O4/c1-13(2)10-17(35(5)19(37)14(3)33-22(40)24(27)25(28,29)26(24,30)31)20(38)36-12-23(11-18(36)32-4)15-8-6-7-9-16(15)34-21(23)39/h6-9,13-14,17-18H,10-12H2,1-3,5H3,(H,33,40)(H,34,39)/t14-,17-,18-,23-/m0/s1. The highest BCUT2D eigenvalue weighted by Gasteiger charge is 3.02. The van der Waals surface area contributed by atoms with E-state index in [1.807, 2.05) is 0 Å². The molecule has 4 atom stereocenters. The first-order valence-corrected chi connectivity index (χ1v) is 12.6. The second kappa shape index (κ2) is 9.42. The maximum absolute atomic E-state index is 14.1. The summed E-state index contributed by atoms with van der Waals surface area (Å²) in [5.74, 6) is -15.0. The van der Waals surface area contributed by atoms with E-state index in [1.54, 1.807) is 43.4 Å². The number of hydrogen-bond acceptors (Lipinski definition) is 4. The first kappa shape index (κ1) is 29.2. The molecule has 4 rings (SSSR count). The van der Waals surface area contributed by atoms with Gasteiger partial charge in [-0.1, -0.05) is 32.0 Å². The fraction of sp³-hybridized carbons (Fsp3) is 0.577. The molecule has 0 unspecified atom stereocenters. The number of amides is 4. The molecule has 40 heavy (non-hydrogen) atoms. The molecule has 0 bridgehead atoms. The van der Waals surface area contributed by atoms with Crippen LogP contribution in [0.5, 0.6) is 0 Å². The highest BCUT2D eigenvalue weighted by atomic mass is 19.3. The Morgan fingerprint density at radius 3 is 2.30 bits per heavy atom. The molecule has 0 aromatic heterocycles. The molecule has 1 saturated heterocycles. The number of likely N-dealkylation sites (tertiary alicyclic amines) is 1. The lowest BCUT2D eigenvalue weighted by Crippen LogP contribution is -2.56. The summed E-state index contributed by atoms with van der Waals surface area (Å²) < 4.78 is 67.3. The number of carbonyl (C=O) groups excluding carboxylic acids is 4. The van der Waals surface area contributed by atoms with Crippen molar-refractivity contribution in [3.63, 3.8) is 0 Å². The van der Waals surface area contributed by atoms with Crippen LogP contribution in [-0.2, 0) is 24.6 Å². The zero-order valence-corrected chi connectivity index (χ0v) is 22.1. The van der Waals surface area contributed by atoms with Gasteiger partial charge in [-0.2, -0.15) is 17.6 Å². The highest BCUT2D eigenvalue weighted by Crippen LogP contribution is 2.68. The maximum atomic E-state index is 14.1. The van der Waals surface area contributed by atoms with Gasteiger partial charge in [0.15, 0.2) is 0 Å². The van der Waals surface area contributed by atoms with Crippen LogP contribution in [0.3, 0.4) is 0 Å². The van der Waals surface area contributed by atoms with Gasteiger partial charge in [-0.15, -0.1) is 0 Å². The number of fused-ring (bicyclic) bond motifs is 2. The fourth-order valence-electron chi connectivity index (χ4n) is 5.51. The Kier molecular flexibility index (Phi) is 6.88. The molecule has 9 nitrogen and oxygen atoms in total. The van der Waals surface area contributed by atoms with Crippen molar-refractivity contribution in [2.45, 2.75) is 74.8 Å². The molecule has 4 amide bonds. The van der Waals surface area contributed by atoms with E-state index < -0.39 is 58.9 Å². The van der Waals surface area contributed by atoms with Crippen LogP contribution in [0.15, 0.2) is 24.3 Å². The number of alkyl halides is 5. The van der Waals surface area contributed by atoms with E-state index in [2.05, 4.69) is 10.2 Å². The number of nitrogens with one attached hydrogen (secondary N) is 2. The minimum Gasteiger partial charge on any atom is -0.341 e. The van der Waals surface area contributed by atoms with Crippen LogP contribution in [0, 0.1) is 12.5 Å². The largest absolute Gasteiger partial charge is 0.362 e. The van der Waals surface area contributed by atoms with E-state index >= 15 is 0 Å². The summed E-state index contributed by atoms with van der Waals surface area (Å²) in [6, 6.07) is 3.94. The van der Waals surface area contributed by atoms with Gasteiger partial charge in [0.25, 0.3) is 11.8 Å². The third-order valence-electron chi connectivity index (χ3n) is 7.91. The molecule has 3 aliphatic rings. The smallest absolute Gasteiger partial charge is 0.341 e. The summed E-state index contributed by atoms with van der Waals surface area (Å²) in [6.07, 6.45) is -0.947. The van der Waals surface area contributed by atoms with Gasteiger partial charge in [-0.25, -0.2) is 11.0 Å². The number of hydrogen-bond donors (Lipinski definition) is 2. The van der Waals surface area contributed by atoms with Gasteiger partial charge >= 0.3 is 23.7 Å². The van der Waals surface area contributed by atoms with E-state index in [1.165, 1.54) is 11.9 Å². The lowest BCUT2D eigenvalue weighted by molar-refractivity contribution is -0.147. The molecular formula is C26H28F5N5O4. The van der Waals surface area contributed by atoms with Crippen LogP contribution < -0.4 is 10.6 Å². The van der Waals surface area contributed by atoms with Crippen molar-refractivity contribution in [1.82, 2.24) is 15.1 Å². The Labute approximate surface area is 226 Å². The number of halogens is 5. The SMILES string of the molecule is [C-]#[N+][C@@H]1C[C@@]2(CN1C(=O)[C@H](CC(C)C)N(C)C(=O)[C@H](C)NC(=O)C1(F)C(F)(F)C1(F)F)C(=O)Nc1ccccc12. The van der Waals surface area contributed by atoms with E-state index in [0.29, 0.717) is 11.3 Å². The summed E-state index contributed by atoms with van der Waals surface area (Å²) in [7, 11) is 1.19. The Morgan fingerprint density at radius 2 is 1.75 bits per heavy atom. The minimum absolute atomic E-state index is 0.0185. The van der Waals surface area contributed by atoms with Crippen molar-refractivity contribution in [2.24, 2.45) is 5.92 Å². The number of anilines is 1. The number of likely N-dealkylation sites (N-methyl/N-ethyl adjacent to an activating group) is 1. The van der Waals surface area contributed by atoms with Crippen molar-refractivity contribution >= 4 is 29.3 Å². The lowest BCUT2D eigenvalue weighted by atomic mass is 9.80. The van der Waals surface area contributed by atoms with Crippen LogP contribution in [0.25, 0.3) is 4.85 Å². The minimum atomic E-state index is -5.22. The van der Waals surface area contributed by atoms with Crippen LogP contribution >= 0.6 is 0 Å². The molecule has 1 saturated carbocycles. The normalized spacial score (nSPS) is 26.5. The number of nitrogens with zero attached hydrogens (tertiary/aromatic N) is 3. The van der Waals surface area contributed by atoms with Gasteiger partial charge in [-0.05, 0) is 30.9 Å². The van der Waals surface area contributed by atoms with Crippen LogP contribution in [0.2, 0.25) is 0 Å². The fourth-order valence-corrected chi connectivity index (χ4v) is 5.51. The van der Waals surface area contributed by atoms with Crippen LogP contribution in [0.4, 0.5) is 27.6 Å². The van der Waals surface area contributed by atoms with Gasteiger partial charge in [0, 0.05) is 19.3 Å². The average molecular weight is 570 g/mol. The number of rotatable bonds is 7. The van der Waals surface area contributed by atoms with Crippen LogP contribution in [-0.4, -0.2) is 82.8 Å². The molecule has 216 valence electrons. The summed E-state index contributed by atoms with van der Waals surface area (Å²) in [5.41, 5.74) is -4.76. The Hall–Kier alpha value is -3.76. The summed E-state index contributed by atoms with van der Waals surface area (Å²) in [5, 5.41) is 4.35. The topological polar surface area (TPSA) is 103 Å². The molecule has 2 heterocycles. The molecule has 1 aromatic carbocycles. The van der Waals surface area contributed by atoms with Crippen molar-refractivity contribution < 1.29 is 41.1 Å². The highest BCUT2D eigenvalue weighted by molar-refractivity contribution is 6.07. The third kappa shape index (κ3) is 3.92. The van der Waals surface area contributed by atoms with Gasteiger partial charge in [0.1, 0.15) is 17.5 Å². The first-order valence-electron chi connectivity index (χ1n) is 12.6. The lowest BCUT2D eigenvalue weighted by Gasteiger charge is -2.33. The molecule has 2 fully saturated rings. The molecule has 14 heteroatoms.